The lowest BCUT2D eigenvalue weighted by Crippen LogP contribution is -1.92. The van der Waals surface area contributed by atoms with Gasteiger partial charge in [0.15, 0.2) is 0 Å². The molecule has 0 saturated carbocycles. The van der Waals surface area contributed by atoms with Crippen LogP contribution in [0.3, 0.4) is 0 Å². The van der Waals surface area contributed by atoms with Gasteiger partial charge in [-0.25, -0.2) is 0 Å². The highest BCUT2D eigenvalue weighted by Gasteiger charge is 2.03. The molecule has 0 aliphatic heterocycles. The van der Waals surface area contributed by atoms with Gasteiger partial charge in [0.05, 0.1) is 34.3 Å². The standard InChI is InChI=1S/C16H14Cl2N2O2/c17-13-3-1-5-15(21)11(13)9-19-7-8-20-10-12-14(18)4-2-6-16(12)22/h1-6,9-10,21-22H,7-8H2. The summed E-state index contributed by atoms with van der Waals surface area (Å²) in [5, 5.41) is 20.2. The second-order valence-electron chi connectivity index (χ2n) is 4.42. The van der Waals surface area contributed by atoms with Crippen LogP contribution in [0.15, 0.2) is 46.4 Å². The molecule has 22 heavy (non-hydrogen) atoms. The molecule has 6 heteroatoms. The largest absolute Gasteiger partial charge is 0.507 e. The molecule has 0 bridgehead atoms. The van der Waals surface area contributed by atoms with Crippen LogP contribution in [0.1, 0.15) is 11.1 Å². The van der Waals surface area contributed by atoms with Crippen LogP contribution in [0.4, 0.5) is 0 Å². The molecule has 0 radical (unpaired) electrons. The molecule has 0 aliphatic rings. The Labute approximate surface area is 138 Å². The molecule has 2 rings (SSSR count). The number of phenols is 2. The average Bonchev–Trinajstić information content (AvgIpc) is 2.47. The predicted molar refractivity (Wildman–Crippen MR) is 91.2 cm³/mol. The van der Waals surface area contributed by atoms with E-state index in [4.69, 9.17) is 23.2 Å². The van der Waals surface area contributed by atoms with Crippen molar-refractivity contribution in [3.8, 4) is 11.5 Å². The fourth-order valence-electron chi connectivity index (χ4n) is 1.73. The van der Waals surface area contributed by atoms with Crippen molar-refractivity contribution >= 4 is 35.6 Å². The summed E-state index contributed by atoms with van der Waals surface area (Å²) >= 11 is 11.9. The van der Waals surface area contributed by atoms with Gasteiger partial charge in [0.1, 0.15) is 11.5 Å². The zero-order chi connectivity index (χ0) is 15.9. The number of halogens is 2. The van der Waals surface area contributed by atoms with Crippen LogP contribution in [-0.2, 0) is 0 Å². The summed E-state index contributed by atoms with van der Waals surface area (Å²) in [6, 6.07) is 9.78. The van der Waals surface area contributed by atoms with E-state index in [9.17, 15) is 10.2 Å². The monoisotopic (exact) mass is 336 g/mol. The van der Waals surface area contributed by atoms with Crippen molar-refractivity contribution in [3.63, 3.8) is 0 Å². The van der Waals surface area contributed by atoms with E-state index in [0.717, 1.165) is 0 Å². The fraction of sp³-hybridized carbons (Fsp3) is 0.125. The topological polar surface area (TPSA) is 65.2 Å². The molecule has 0 aromatic heterocycles. The number of rotatable bonds is 5. The second kappa shape index (κ2) is 7.82. The Kier molecular flexibility index (Phi) is 5.81. The Morgan fingerprint density at radius 3 is 1.55 bits per heavy atom. The Balaban J connectivity index is 1.92. The molecule has 0 unspecified atom stereocenters. The number of hydrogen-bond acceptors (Lipinski definition) is 4. The summed E-state index contributed by atoms with van der Waals surface area (Å²) in [6.45, 7) is 0.846. The van der Waals surface area contributed by atoms with Gasteiger partial charge in [-0.05, 0) is 24.3 Å². The molecule has 0 fully saturated rings. The van der Waals surface area contributed by atoms with Crippen molar-refractivity contribution in [2.24, 2.45) is 9.98 Å². The number of benzene rings is 2. The van der Waals surface area contributed by atoms with Crippen LogP contribution in [-0.4, -0.2) is 35.7 Å². The van der Waals surface area contributed by atoms with E-state index in [0.29, 0.717) is 34.3 Å². The van der Waals surface area contributed by atoms with E-state index in [1.807, 2.05) is 0 Å². The van der Waals surface area contributed by atoms with Crippen molar-refractivity contribution in [2.45, 2.75) is 0 Å². The molecule has 114 valence electrons. The molecular formula is C16H14Cl2N2O2. The third kappa shape index (κ3) is 4.23. The van der Waals surface area contributed by atoms with Crippen LogP contribution in [0.2, 0.25) is 10.0 Å². The fourth-order valence-corrected chi connectivity index (χ4v) is 2.17. The summed E-state index contributed by atoms with van der Waals surface area (Å²) < 4.78 is 0. The maximum Gasteiger partial charge on any atom is 0.125 e. The molecule has 2 aromatic carbocycles. The Morgan fingerprint density at radius 1 is 0.773 bits per heavy atom. The van der Waals surface area contributed by atoms with Gasteiger partial charge in [-0.3, -0.25) is 9.98 Å². The lowest BCUT2D eigenvalue weighted by atomic mass is 10.2. The second-order valence-corrected chi connectivity index (χ2v) is 5.23. The van der Waals surface area contributed by atoms with Crippen LogP contribution < -0.4 is 0 Å². The highest BCUT2D eigenvalue weighted by molar-refractivity contribution is 6.33. The average molecular weight is 337 g/mol. The third-order valence-electron chi connectivity index (χ3n) is 2.86. The molecule has 4 nitrogen and oxygen atoms in total. The number of aliphatic imine (C=N–C) groups is 2. The smallest absolute Gasteiger partial charge is 0.125 e. The molecule has 0 aliphatic carbocycles. The zero-order valence-corrected chi connectivity index (χ0v) is 13.1. The van der Waals surface area contributed by atoms with Crippen molar-refractivity contribution in [1.29, 1.82) is 0 Å². The summed E-state index contributed by atoms with van der Waals surface area (Å²) in [5.74, 6) is 0.168. The van der Waals surface area contributed by atoms with Crippen LogP contribution in [0.5, 0.6) is 11.5 Å². The van der Waals surface area contributed by atoms with E-state index in [1.165, 1.54) is 12.4 Å². The van der Waals surface area contributed by atoms with Gasteiger partial charge in [-0.15, -0.1) is 0 Å². The normalized spacial score (nSPS) is 11.5. The summed E-state index contributed by atoms with van der Waals surface area (Å²) in [5.41, 5.74) is 0.966. The maximum atomic E-state index is 9.66. The van der Waals surface area contributed by atoms with Crippen LogP contribution in [0, 0.1) is 0 Å². The lowest BCUT2D eigenvalue weighted by molar-refractivity contribution is 0.474. The van der Waals surface area contributed by atoms with Gasteiger partial charge in [-0.1, -0.05) is 35.3 Å². The van der Waals surface area contributed by atoms with Crippen LogP contribution in [0.25, 0.3) is 0 Å². The van der Waals surface area contributed by atoms with Crippen molar-refractivity contribution in [1.82, 2.24) is 0 Å². The van der Waals surface area contributed by atoms with Gasteiger partial charge >= 0.3 is 0 Å². The van der Waals surface area contributed by atoms with E-state index in [1.54, 1.807) is 36.4 Å². The molecule has 2 aromatic rings. The van der Waals surface area contributed by atoms with E-state index >= 15 is 0 Å². The minimum atomic E-state index is 0.0840. The predicted octanol–water partition coefficient (Wildman–Crippen LogP) is 3.94. The van der Waals surface area contributed by atoms with Gasteiger partial charge in [-0.2, -0.15) is 0 Å². The Morgan fingerprint density at radius 2 is 1.18 bits per heavy atom. The molecular weight excluding hydrogens is 323 g/mol. The molecule has 0 heterocycles. The first-order chi connectivity index (χ1) is 10.6. The van der Waals surface area contributed by atoms with Gasteiger partial charge < -0.3 is 10.2 Å². The molecule has 0 saturated heterocycles. The maximum absolute atomic E-state index is 9.66. The summed E-state index contributed by atoms with van der Waals surface area (Å²) in [4.78, 5) is 8.32. The SMILES string of the molecule is Oc1cccc(Cl)c1C=NCCN=Cc1c(O)cccc1Cl. The minimum Gasteiger partial charge on any atom is -0.507 e. The third-order valence-corrected chi connectivity index (χ3v) is 3.52. The number of phenolic OH excluding ortho intramolecular Hbond substituents is 2. The van der Waals surface area contributed by atoms with E-state index < -0.39 is 0 Å². The van der Waals surface area contributed by atoms with Gasteiger partial charge in [0.25, 0.3) is 0 Å². The van der Waals surface area contributed by atoms with Crippen LogP contribution >= 0.6 is 23.2 Å². The van der Waals surface area contributed by atoms with E-state index in [-0.39, 0.29) is 11.5 Å². The highest BCUT2D eigenvalue weighted by Crippen LogP contribution is 2.23. The lowest BCUT2D eigenvalue weighted by Gasteiger charge is -2.01. The molecule has 2 N–H and O–H groups in total. The summed E-state index contributed by atoms with van der Waals surface area (Å²) in [7, 11) is 0. The first-order valence-electron chi connectivity index (χ1n) is 6.54. The first-order valence-corrected chi connectivity index (χ1v) is 7.30. The number of aromatic hydroxyl groups is 2. The number of hydrogen-bond donors (Lipinski definition) is 2. The quantitative estimate of drug-likeness (QED) is 0.641. The first kappa shape index (κ1) is 16.3. The van der Waals surface area contributed by atoms with Gasteiger partial charge in [0, 0.05) is 12.4 Å². The molecule has 0 spiro atoms. The molecule has 0 atom stereocenters. The van der Waals surface area contributed by atoms with Crippen molar-refractivity contribution in [2.75, 3.05) is 13.1 Å². The highest BCUT2D eigenvalue weighted by atomic mass is 35.5. The summed E-state index contributed by atoms with van der Waals surface area (Å²) in [6.07, 6.45) is 3.03. The minimum absolute atomic E-state index is 0.0840. The Bertz CT molecular complexity index is 613. The Hall–Kier alpha value is -2.04. The zero-order valence-electron chi connectivity index (χ0n) is 11.6. The van der Waals surface area contributed by atoms with Crippen molar-refractivity contribution in [3.05, 3.63) is 57.6 Å². The van der Waals surface area contributed by atoms with Gasteiger partial charge in [0.2, 0.25) is 0 Å². The number of nitrogens with zero attached hydrogens (tertiary/aromatic N) is 2. The molecule has 0 amide bonds. The van der Waals surface area contributed by atoms with Crippen molar-refractivity contribution < 1.29 is 10.2 Å². The van der Waals surface area contributed by atoms with E-state index in [2.05, 4.69) is 9.98 Å².